The van der Waals surface area contributed by atoms with Crippen LogP contribution in [0.5, 0.6) is 0 Å². The van der Waals surface area contributed by atoms with E-state index >= 15 is 0 Å². The van der Waals surface area contributed by atoms with Crippen LogP contribution in [0, 0.1) is 17.8 Å². The van der Waals surface area contributed by atoms with Crippen molar-refractivity contribution in [3.63, 3.8) is 0 Å². The van der Waals surface area contributed by atoms with Gasteiger partial charge < -0.3 is 10.4 Å². The zero-order chi connectivity index (χ0) is 12.3. The summed E-state index contributed by atoms with van der Waals surface area (Å²) in [4.78, 5) is 22.3. The average Bonchev–Trinajstić information content (AvgIpc) is 2.98. The fourth-order valence-corrected chi connectivity index (χ4v) is 2.20. The predicted molar refractivity (Wildman–Crippen MR) is 60.9 cm³/mol. The predicted octanol–water partition coefficient (Wildman–Crippen LogP) is 1.65. The van der Waals surface area contributed by atoms with Gasteiger partial charge in [-0.3, -0.25) is 9.59 Å². The topological polar surface area (TPSA) is 66.4 Å². The molecule has 1 aliphatic rings. The highest BCUT2D eigenvalue weighted by Crippen LogP contribution is 2.38. The summed E-state index contributed by atoms with van der Waals surface area (Å²) in [7, 11) is 0. The molecule has 0 aromatic rings. The van der Waals surface area contributed by atoms with E-state index in [2.05, 4.69) is 19.2 Å². The molecule has 1 saturated carbocycles. The molecule has 4 nitrogen and oxygen atoms in total. The van der Waals surface area contributed by atoms with Crippen molar-refractivity contribution in [1.82, 2.24) is 5.32 Å². The molecule has 92 valence electrons. The largest absolute Gasteiger partial charge is 0.481 e. The van der Waals surface area contributed by atoms with Gasteiger partial charge in [-0.1, -0.05) is 26.7 Å². The van der Waals surface area contributed by atoms with Crippen molar-refractivity contribution in [1.29, 1.82) is 0 Å². The van der Waals surface area contributed by atoms with E-state index in [-0.39, 0.29) is 17.9 Å². The van der Waals surface area contributed by atoms with E-state index in [0.29, 0.717) is 12.3 Å². The number of carboxylic acids is 1. The van der Waals surface area contributed by atoms with Crippen molar-refractivity contribution in [2.45, 2.75) is 46.1 Å². The van der Waals surface area contributed by atoms with E-state index in [0.717, 1.165) is 12.8 Å². The lowest BCUT2D eigenvalue weighted by atomic mass is 9.95. The second kappa shape index (κ2) is 5.32. The van der Waals surface area contributed by atoms with Crippen LogP contribution in [-0.2, 0) is 9.59 Å². The second-order valence-electron chi connectivity index (χ2n) is 4.66. The number of amides is 1. The first-order valence-corrected chi connectivity index (χ1v) is 6.04. The van der Waals surface area contributed by atoms with Gasteiger partial charge in [0.15, 0.2) is 0 Å². The number of hydrogen-bond acceptors (Lipinski definition) is 2. The van der Waals surface area contributed by atoms with Crippen molar-refractivity contribution < 1.29 is 14.7 Å². The Bertz CT molecular complexity index is 273. The molecule has 1 rings (SSSR count). The van der Waals surface area contributed by atoms with Crippen LogP contribution in [0.15, 0.2) is 0 Å². The number of carboxylic acid groups (broad SMARTS) is 1. The van der Waals surface area contributed by atoms with Gasteiger partial charge in [0.2, 0.25) is 5.91 Å². The van der Waals surface area contributed by atoms with Gasteiger partial charge in [0, 0.05) is 6.04 Å². The molecule has 3 atom stereocenters. The Morgan fingerprint density at radius 1 is 1.31 bits per heavy atom. The maximum Gasteiger partial charge on any atom is 0.307 e. The van der Waals surface area contributed by atoms with Crippen molar-refractivity contribution in [3.8, 4) is 0 Å². The summed E-state index contributed by atoms with van der Waals surface area (Å²) in [5.74, 6) is -1.21. The molecule has 0 bridgehead atoms. The molecule has 0 aromatic heterocycles. The van der Waals surface area contributed by atoms with E-state index in [1.165, 1.54) is 0 Å². The molecule has 0 heterocycles. The molecule has 0 spiro atoms. The first kappa shape index (κ1) is 13.0. The molecule has 0 radical (unpaired) electrons. The lowest BCUT2D eigenvalue weighted by molar-refractivity contribution is -0.140. The standard InChI is InChI=1S/C12H21NO3/c1-4-8(5-2)7(3)13-11(14)9-6-10(9)12(15)16/h7-10H,4-6H2,1-3H3,(H,13,14)(H,15,16)/t7?,9-,10+/m1/s1. The van der Waals surface area contributed by atoms with Crippen LogP contribution in [0.3, 0.4) is 0 Å². The molecule has 1 unspecified atom stereocenters. The molecule has 0 aliphatic heterocycles. The highest BCUT2D eigenvalue weighted by atomic mass is 16.4. The van der Waals surface area contributed by atoms with E-state index in [9.17, 15) is 9.59 Å². The van der Waals surface area contributed by atoms with Crippen molar-refractivity contribution >= 4 is 11.9 Å². The third-order valence-corrected chi connectivity index (χ3v) is 3.57. The Morgan fingerprint density at radius 2 is 1.88 bits per heavy atom. The van der Waals surface area contributed by atoms with Gasteiger partial charge in [0.25, 0.3) is 0 Å². The molecule has 1 fully saturated rings. The minimum atomic E-state index is -0.852. The van der Waals surface area contributed by atoms with Gasteiger partial charge in [-0.05, 0) is 19.3 Å². The monoisotopic (exact) mass is 227 g/mol. The van der Waals surface area contributed by atoms with E-state index in [1.807, 2.05) is 6.92 Å². The Labute approximate surface area is 96.4 Å². The van der Waals surface area contributed by atoms with Crippen LogP contribution in [0.4, 0.5) is 0 Å². The molecule has 4 heteroatoms. The number of rotatable bonds is 6. The number of aliphatic carboxylic acids is 1. The Balaban J connectivity index is 2.38. The van der Waals surface area contributed by atoms with Crippen LogP contribution in [0.1, 0.15) is 40.0 Å². The lowest BCUT2D eigenvalue weighted by Crippen LogP contribution is -2.39. The third-order valence-electron chi connectivity index (χ3n) is 3.57. The molecule has 1 amide bonds. The fourth-order valence-electron chi connectivity index (χ4n) is 2.20. The molecule has 0 saturated heterocycles. The fraction of sp³-hybridized carbons (Fsp3) is 0.833. The van der Waals surface area contributed by atoms with E-state index in [1.54, 1.807) is 0 Å². The smallest absolute Gasteiger partial charge is 0.307 e. The van der Waals surface area contributed by atoms with Gasteiger partial charge in [-0.15, -0.1) is 0 Å². The summed E-state index contributed by atoms with van der Waals surface area (Å²) in [5, 5.41) is 11.7. The minimum Gasteiger partial charge on any atom is -0.481 e. The summed E-state index contributed by atoms with van der Waals surface area (Å²) in [6, 6.07) is 0.137. The highest BCUT2D eigenvalue weighted by Gasteiger charge is 2.48. The normalized spacial score (nSPS) is 25.2. The molecule has 1 aliphatic carbocycles. The van der Waals surface area contributed by atoms with Crippen molar-refractivity contribution in [2.24, 2.45) is 17.8 Å². The van der Waals surface area contributed by atoms with Crippen LogP contribution < -0.4 is 5.32 Å². The van der Waals surface area contributed by atoms with E-state index in [4.69, 9.17) is 5.11 Å². The van der Waals surface area contributed by atoms with Gasteiger partial charge in [0.05, 0.1) is 11.8 Å². The van der Waals surface area contributed by atoms with Crippen LogP contribution in [0.2, 0.25) is 0 Å². The van der Waals surface area contributed by atoms with Gasteiger partial charge in [-0.25, -0.2) is 0 Å². The molecule has 2 N–H and O–H groups in total. The van der Waals surface area contributed by atoms with Gasteiger partial charge >= 0.3 is 5.97 Å². The summed E-state index contributed by atoms with van der Waals surface area (Å²) < 4.78 is 0. The zero-order valence-electron chi connectivity index (χ0n) is 10.2. The summed E-state index contributed by atoms with van der Waals surface area (Å²) in [6.45, 7) is 6.20. The lowest BCUT2D eigenvalue weighted by Gasteiger charge is -2.22. The quantitative estimate of drug-likeness (QED) is 0.725. The Kier molecular flexibility index (Phi) is 4.33. The number of carbonyl (C=O) groups excluding carboxylic acids is 1. The Hall–Kier alpha value is -1.06. The van der Waals surface area contributed by atoms with Gasteiger partial charge in [-0.2, -0.15) is 0 Å². The van der Waals surface area contributed by atoms with Crippen molar-refractivity contribution in [2.75, 3.05) is 0 Å². The van der Waals surface area contributed by atoms with Gasteiger partial charge in [0.1, 0.15) is 0 Å². The Morgan fingerprint density at radius 3 is 2.25 bits per heavy atom. The minimum absolute atomic E-state index is 0.0909. The zero-order valence-corrected chi connectivity index (χ0v) is 10.2. The number of carbonyl (C=O) groups is 2. The highest BCUT2D eigenvalue weighted by molar-refractivity contribution is 5.89. The second-order valence-corrected chi connectivity index (χ2v) is 4.66. The maximum absolute atomic E-state index is 11.7. The molecule has 16 heavy (non-hydrogen) atoms. The molecule has 0 aromatic carbocycles. The summed E-state index contributed by atoms with van der Waals surface area (Å²) >= 11 is 0. The average molecular weight is 227 g/mol. The summed E-state index contributed by atoms with van der Waals surface area (Å²) in [5.41, 5.74) is 0. The SMILES string of the molecule is CCC(CC)C(C)NC(=O)[C@@H]1C[C@@H]1C(=O)O. The van der Waals surface area contributed by atoms with Crippen LogP contribution in [-0.4, -0.2) is 23.0 Å². The van der Waals surface area contributed by atoms with E-state index < -0.39 is 11.9 Å². The third kappa shape index (κ3) is 2.97. The number of nitrogens with one attached hydrogen (secondary N) is 1. The first-order chi connectivity index (χ1) is 7.51. The van der Waals surface area contributed by atoms with Crippen LogP contribution >= 0.6 is 0 Å². The molecular weight excluding hydrogens is 206 g/mol. The molecular formula is C12H21NO3. The first-order valence-electron chi connectivity index (χ1n) is 6.04. The summed E-state index contributed by atoms with van der Waals surface area (Å²) in [6.07, 6.45) is 2.56. The number of hydrogen-bond donors (Lipinski definition) is 2. The van der Waals surface area contributed by atoms with Crippen molar-refractivity contribution in [3.05, 3.63) is 0 Å². The van der Waals surface area contributed by atoms with Crippen LogP contribution in [0.25, 0.3) is 0 Å². The maximum atomic E-state index is 11.7.